The summed E-state index contributed by atoms with van der Waals surface area (Å²) in [5.74, 6) is 0. The Hall–Kier alpha value is -0.450. The molecule has 0 aromatic carbocycles. The van der Waals surface area contributed by atoms with E-state index in [0.717, 1.165) is 0 Å². The van der Waals surface area contributed by atoms with Gasteiger partial charge in [0.2, 0.25) is 0 Å². The molecule has 0 bridgehead atoms. The van der Waals surface area contributed by atoms with E-state index < -0.39 is 12.2 Å². The van der Waals surface area contributed by atoms with Crippen LogP contribution in [0, 0.1) is 0 Å². The lowest BCUT2D eigenvalue weighted by atomic mass is 10.2. The summed E-state index contributed by atoms with van der Waals surface area (Å²) < 4.78 is 4.46. The molecular formula is C5H10O4. The minimum atomic E-state index is -1.33. The van der Waals surface area contributed by atoms with Gasteiger partial charge in [-0.15, -0.1) is 0 Å². The second-order valence-corrected chi connectivity index (χ2v) is 1.65. The molecule has 9 heavy (non-hydrogen) atoms. The van der Waals surface area contributed by atoms with E-state index in [1.165, 1.54) is 7.11 Å². The van der Waals surface area contributed by atoms with Gasteiger partial charge in [-0.2, -0.15) is 0 Å². The Morgan fingerprint density at radius 2 is 2.22 bits per heavy atom. The first-order valence-corrected chi connectivity index (χ1v) is 2.52. The summed E-state index contributed by atoms with van der Waals surface area (Å²) in [6.45, 7) is -0.0279. The zero-order chi connectivity index (χ0) is 7.28. The molecule has 4 nitrogen and oxygen atoms in total. The van der Waals surface area contributed by atoms with Crippen LogP contribution in [-0.2, 0) is 9.53 Å². The van der Waals surface area contributed by atoms with Crippen molar-refractivity contribution in [1.82, 2.24) is 0 Å². The quantitative estimate of drug-likeness (QED) is 0.462. The fraction of sp³-hybridized carbons (Fsp3) is 0.800. The highest BCUT2D eigenvalue weighted by Crippen LogP contribution is 1.88. The van der Waals surface area contributed by atoms with Crippen molar-refractivity contribution in [3.63, 3.8) is 0 Å². The van der Waals surface area contributed by atoms with Gasteiger partial charge in [-0.3, -0.25) is 0 Å². The van der Waals surface area contributed by atoms with E-state index in [-0.39, 0.29) is 12.9 Å². The van der Waals surface area contributed by atoms with E-state index in [2.05, 4.69) is 4.74 Å². The number of rotatable bonds is 4. The smallest absolute Gasteiger partial charge is 0.151 e. The number of carbonyl (C=O) groups excluding carboxylic acids is 1. The van der Waals surface area contributed by atoms with Gasteiger partial charge in [0.05, 0.1) is 6.61 Å². The molecule has 0 saturated heterocycles. The predicted octanol–water partition coefficient (Wildman–Crippen LogP) is -1.45. The average Bonchev–Trinajstić information content (AvgIpc) is 1.87. The molecule has 0 aliphatic heterocycles. The van der Waals surface area contributed by atoms with Crippen LogP contribution in [0.15, 0.2) is 0 Å². The van der Waals surface area contributed by atoms with Crippen LogP contribution in [0.4, 0.5) is 0 Å². The normalized spacial score (nSPS) is 16.8. The van der Waals surface area contributed by atoms with Crippen LogP contribution in [-0.4, -0.2) is 42.4 Å². The monoisotopic (exact) mass is 134 g/mol. The van der Waals surface area contributed by atoms with Gasteiger partial charge in [0, 0.05) is 7.11 Å². The molecule has 0 aliphatic carbocycles. The number of hydrogen-bond donors (Lipinski definition) is 2. The highest BCUT2D eigenvalue weighted by atomic mass is 16.5. The van der Waals surface area contributed by atoms with Gasteiger partial charge in [-0.1, -0.05) is 0 Å². The lowest BCUT2D eigenvalue weighted by molar-refractivity contribution is -0.122. The van der Waals surface area contributed by atoms with Gasteiger partial charge in [-0.25, -0.2) is 0 Å². The molecular weight excluding hydrogens is 124 g/mol. The maximum absolute atomic E-state index is 9.76. The molecule has 0 aromatic rings. The first-order valence-electron chi connectivity index (χ1n) is 2.52. The Balaban J connectivity index is 3.44. The van der Waals surface area contributed by atoms with Crippen LogP contribution >= 0.6 is 0 Å². The zero-order valence-electron chi connectivity index (χ0n) is 5.15. The lowest BCUT2D eigenvalue weighted by Gasteiger charge is -2.09. The molecule has 2 atom stereocenters. The highest BCUT2D eigenvalue weighted by molar-refractivity contribution is 5.56. The minimum absolute atomic E-state index is 0.0279. The molecule has 54 valence electrons. The Bertz CT molecular complexity index is 83.0. The van der Waals surface area contributed by atoms with E-state index >= 15 is 0 Å². The molecule has 0 aliphatic rings. The molecule has 0 amide bonds. The molecule has 0 saturated carbocycles. The zero-order valence-corrected chi connectivity index (χ0v) is 5.15. The molecule has 0 aromatic heterocycles. The van der Waals surface area contributed by atoms with Crippen LogP contribution in [0.2, 0.25) is 0 Å². The van der Waals surface area contributed by atoms with E-state index in [0.29, 0.717) is 0 Å². The van der Waals surface area contributed by atoms with Crippen LogP contribution in [0.1, 0.15) is 0 Å². The number of hydrogen-bond acceptors (Lipinski definition) is 4. The second-order valence-electron chi connectivity index (χ2n) is 1.65. The molecule has 4 heteroatoms. The third-order valence-electron chi connectivity index (χ3n) is 0.871. The molecule has 0 spiro atoms. The number of methoxy groups -OCH3 is 1. The van der Waals surface area contributed by atoms with Gasteiger partial charge in [-0.05, 0) is 0 Å². The number of aldehydes is 1. The Labute approximate surface area is 53.1 Å². The summed E-state index contributed by atoms with van der Waals surface area (Å²) in [5.41, 5.74) is 0. The standard InChI is InChI=1S/C5H10O4/c1-9-3-5(8)4(7)2-6/h2,4-5,7-8H,3H2,1H3. The molecule has 2 unspecified atom stereocenters. The maximum Gasteiger partial charge on any atom is 0.151 e. The molecule has 0 fully saturated rings. The Morgan fingerprint density at radius 1 is 1.67 bits per heavy atom. The lowest BCUT2D eigenvalue weighted by Crippen LogP contribution is -2.31. The largest absolute Gasteiger partial charge is 0.388 e. The van der Waals surface area contributed by atoms with Crippen LogP contribution in [0.3, 0.4) is 0 Å². The highest BCUT2D eigenvalue weighted by Gasteiger charge is 2.13. The van der Waals surface area contributed by atoms with Gasteiger partial charge in [0.25, 0.3) is 0 Å². The van der Waals surface area contributed by atoms with Crippen molar-refractivity contribution in [3.8, 4) is 0 Å². The predicted molar refractivity (Wildman–Crippen MR) is 30.0 cm³/mol. The summed E-state index contributed by atoms with van der Waals surface area (Å²) in [5, 5.41) is 17.3. The van der Waals surface area contributed by atoms with Gasteiger partial charge in [0.1, 0.15) is 12.2 Å². The Kier molecular flexibility index (Phi) is 4.21. The third-order valence-corrected chi connectivity index (χ3v) is 0.871. The molecule has 2 N–H and O–H groups in total. The van der Waals surface area contributed by atoms with Crippen molar-refractivity contribution >= 4 is 6.29 Å². The minimum Gasteiger partial charge on any atom is -0.388 e. The molecule has 0 heterocycles. The van der Waals surface area contributed by atoms with Gasteiger partial charge in [0.15, 0.2) is 6.29 Å². The van der Waals surface area contributed by atoms with E-state index in [9.17, 15) is 4.79 Å². The molecule has 0 rings (SSSR count). The Morgan fingerprint density at radius 3 is 2.56 bits per heavy atom. The van der Waals surface area contributed by atoms with Crippen molar-refractivity contribution in [2.45, 2.75) is 12.2 Å². The fourth-order valence-corrected chi connectivity index (χ4v) is 0.360. The second kappa shape index (κ2) is 4.43. The van der Waals surface area contributed by atoms with Crippen molar-refractivity contribution in [3.05, 3.63) is 0 Å². The summed E-state index contributed by atoms with van der Waals surface area (Å²) in [4.78, 5) is 9.76. The van der Waals surface area contributed by atoms with Crippen molar-refractivity contribution in [2.24, 2.45) is 0 Å². The number of aliphatic hydroxyl groups excluding tert-OH is 2. The van der Waals surface area contributed by atoms with Crippen molar-refractivity contribution in [1.29, 1.82) is 0 Å². The van der Waals surface area contributed by atoms with E-state index in [1.54, 1.807) is 0 Å². The topological polar surface area (TPSA) is 66.8 Å². The number of carbonyl (C=O) groups is 1. The fourth-order valence-electron chi connectivity index (χ4n) is 0.360. The summed E-state index contributed by atoms with van der Waals surface area (Å²) in [7, 11) is 1.38. The van der Waals surface area contributed by atoms with Crippen LogP contribution in [0.25, 0.3) is 0 Å². The van der Waals surface area contributed by atoms with Crippen LogP contribution in [0.5, 0.6) is 0 Å². The van der Waals surface area contributed by atoms with E-state index in [1.807, 2.05) is 0 Å². The van der Waals surface area contributed by atoms with Crippen molar-refractivity contribution in [2.75, 3.05) is 13.7 Å². The third kappa shape index (κ3) is 3.18. The summed E-state index contributed by atoms with van der Waals surface area (Å²) in [6, 6.07) is 0. The maximum atomic E-state index is 9.76. The number of aliphatic hydroxyl groups is 2. The first kappa shape index (κ1) is 8.55. The number of ether oxygens (including phenoxy) is 1. The summed E-state index contributed by atoms with van der Waals surface area (Å²) in [6.07, 6.45) is -2.17. The SMILES string of the molecule is COCC(O)C(O)C=O. The average molecular weight is 134 g/mol. The van der Waals surface area contributed by atoms with Gasteiger partial charge < -0.3 is 19.7 Å². The summed E-state index contributed by atoms with van der Waals surface area (Å²) >= 11 is 0. The first-order chi connectivity index (χ1) is 4.22. The van der Waals surface area contributed by atoms with Gasteiger partial charge >= 0.3 is 0 Å². The van der Waals surface area contributed by atoms with Crippen LogP contribution < -0.4 is 0 Å². The van der Waals surface area contributed by atoms with E-state index in [4.69, 9.17) is 10.2 Å². The molecule has 0 radical (unpaired) electrons. The van der Waals surface area contributed by atoms with Crippen molar-refractivity contribution < 1.29 is 19.7 Å².